The van der Waals surface area contributed by atoms with Gasteiger partial charge in [-0.3, -0.25) is 9.36 Å². The molecule has 3 aromatic carbocycles. The molecule has 1 aromatic heterocycles. The SMILES string of the molecule is COc1ccc(-c2nnc(SCC(=O)N3CCc4ccccc4C3)n2-c2ccc(C)cc2)cc1. The number of methoxy groups -OCH3 is 1. The van der Waals surface area contributed by atoms with Gasteiger partial charge in [0.2, 0.25) is 5.91 Å². The Morgan fingerprint density at radius 1 is 0.971 bits per heavy atom. The Kier molecular flexibility index (Phi) is 6.36. The molecular formula is C27H26N4O2S. The number of ether oxygens (including phenoxy) is 1. The molecule has 1 aliphatic heterocycles. The Labute approximate surface area is 203 Å². The monoisotopic (exact) mass is 470 g/mol. The standard InChI is InChI=1S/C27H26N4O2S/c1-19-7-11-23(12-8-19)31-26(21-9-13-24(33-2)14-10-21)28-29-27(31)34-18-25(32)30-16-15-20-5-3-4-6-22(20)17-30/h3-14H,15-18H2,1-2H3. The van der Waals surface area contributed by atoms with E-state index in [9.17, 15) is 4.79 Å². The van der Waals surface area contributed by atoms with Crippen LogP contribution in [0.2, 0.25) is 0 Å². The van der Waals surface area contributed by atoms with Crippen LogP contribution in [0, 0.1) is 6.92 Å². The van der Waals surface area contributed by atoms with Crippen LogP contribution < -0.4 is 4.74 Å². The number of rotatable bonds is 6. The van der Waals surface area contributed by atoms with Crippen LogP contribution >= 0.6 is 11.8 Å². The van der Waals surface area contributed by atoms with E-state index in [2.05, 4.69) is 59.6 Å². The minimum Gasteiger partial charge on any atom is -0.497 e. The molecule has 0 N–H and O–H groups in total. The lowest BCUT2D eigenvalue weighted by atomic mass is 10.00. The van der Waals surface area contributed by atoms with E-state index in [4.69, 9.17) is 4.74 Å². The molecule has 0 spiro atoms. The quantitative estimate of drug-likeness (QED) is 0.374. The third-order valence-corrected chi connectivity index (χ3v) is 7.00. The Bertz CT molecular complexity index is 1300. The van der Waals surface area contributed by atoms with E-state index in [1.165, 1.54) is 28.5 Å². The minimum atomic E-state index is 0.115. The van der Waals surface area contributed by atoms with E-state index in [1.807, 2.05) is 39.8 Å². The summed E-state index contributed by atoms with van der Waals surface area (Å²) in [5, 5.41) is 9.64. The van der Waals surface area contributed by atoms with Gasteiger partial charge in [-0.1, -0.05) is 53.7 Å². The topological polar surface area (TPSA) is 60.3 Å². The highest BCUT2D eigenvalue weighted by Gasteiger charge is 2.22. The summed E-state index contributed by atoms with van der Waals surface area (Å²) >= 11 is 1.43. The molecule has 0 bridgehead atoms. The second-order valence-electron chi connectivity index (χ2n) is 8.33. The molecule has 172 valence electrons. The zero-order chi connectivity index (χ0) is 23.5. The summed E-state index contributed by atoms with van der Waals surface area (Å²) in [4.78, 5) is 15.0. The zero-order valence-electron chi connectivity index (χ0n) is 19.3. The van der Waals surface area contributed by atoms with Gasteiger partial charge < -0.3 is 9.64 Å². The van der Waals surface area contributed by atoms with Gasteiger partial charge in [-0.2, -0.15) is 0 Å². The van der Waals surface area contributed by atoms with Gasteiger partial charge in [-0.15, -0.1) is 10.2 Å². The first-order valence-electron chi connectivity index (χ1n) is 11.3. The van der Waals surface area contributed by atoms with Gasteiger partial charge in [0.15, 0.2) is 11.0 Å². The number of amides is 1. The highest BCUT2D eigenvalue weighted by atomic mass is 32.2. The molecule has 1 aliphatic rings. The number of carbonyl (C=O) groups is 1. The molecule has 7 heteroatoms. The minimum absolute atomic E-state index is 0.115. The summed E-state index contributed by atoms with van der Waals surface area (Å²) in [6.07, 6.45) is 0.897. The summed E-state index contributed by atoms with van der Waals surface area (Å²) < 4.78 is 7.31. The largest absolute Gasteiger partial charge is 0.497 e. The second-order valence-corrected chi connectivity index (χ2v) is 9.27. The molecule has 0 aliphatic carbocycles. The maximum Gasteiger partial charge on any atom is 0.233 e. The lowest BCUT2D eigenvalue weighted by molar-refractivity contribution is -0.129. The van der Waals surface area contributed by atoms with Crippen molar-refractivity contribution >= 4 is 17.7 Å². The predicted octanol–water partition coefficient (Wildman–Crippen LogP) is 4.93. The van der Waals surface area contributed by atoms with Crippen LogP contribution in [0.3, 0.4) is 0 Å². The van der Waals surface area contributed by atoms with Gasteiger partial charge in [0, 0.05) is 24.3 Å². The third-order valence-electron chi connectivity index (χ3n) is 6.08. The summed E-state index contributed by atoms with van der Waals surface area (Å²) in [5.41, 5.74) is 5.64. The van der Waals surface area contributed by atoms with Crippen LogP contribution in [-0.4, -0.2) is 45.0 Å². The molecule has 6 nitrogen and oxygen atoms in total. The van der Waals surface area contributed by atoms with E-state index in [0.29, 0.717) is 17.5 Å². The number of hydrogen-bond acceptors (Lipinski definition) is 5. The van der Waals surface area contributed by atoms with Gasteiger partial charge in [-0.25, -0.2) is 0 Å². The average Bonchev–Trinajstić information content (AvgIpc) is 3.31. The zero-order valence-corrected chi connectivity index (χ0v) is 20.1. The molecule has 0 fully saturated rings. The summed E-state index contributed by atoms with van der Waals surface area (Å²) in [6.45, 7) is 3.47. The van der Waals surface area contributed by atoms with Crippen LogP contribution in [-0.2, 0) is 17.8 Å². The number of carbonyl (C=O) groups excluding carboxylic acids is 1. The van der Waals surface area contributed by atoms with Crippen LogP contribution in [0.25, 0.3) is 17.1 Å². The number of aryl methyl sites for hydroxylation is 1. The number of aromatic nitrogens is 3. The van der Waals surface area contributed by atoms with E-state index in [1.54, 1.807) is 7.11 Å². The maximum absolute atomic E-state index is 13.1. The van der Waals surface area contributed by atoms with E-state index >= 15 is 0 Å². The maximum atomic E-state index is 13.1. The highest BCUT2D eigenvalue weighted by molar-refractivity contribution is 7.99. The smallest absolute Gasteiger partial charge is 0.233 e. The van der Waals surface area contributed by atoms with Gasteiger partial charge in [0.1, 0.15) is 5.75 Å². The van der Waals surface area contributed by atoms with Crippen molar-refractivity contribution in [1.29, 1.82) is 0 Å². The average molecular weight is 471 g/mol. The molecule has 4 aromatic rings. The molecule has 0 unspecified atom stereocenters. The fraction of sp³-hybridized carbons (Fsp3) is 0.222. The van der Waals surface area contributed by atoms with Crippen LogP contribution in [0.5, 0.6) is 5.75 Å². The Hall–Kier alpha value is -3.58. The molecule has 5 rings (SSSR count). The summed E-state index contributed by atoms with van der Waals surface area (Å²) in [7, 11) is 1.65. The van der Waals surface area contributed by atoms with Crippen LogP contribution in [0.4, 0.5) is 0 Å². The van der Waals surface area contributed by atoms with E-state index in [-0.39, 0.29) is 5.91 Å². The molecule has 0 radical (unpaired) electrons. The molecule has 0 saturated heterocycles. The fourth-order valence-electron chi connectivity index (χ4n) is 4.14. The van der Waals surface area contributed by atoms with E-state index < -0.39 is 0 Å². The normalized spacial score (nSPS) is 12.9. The van der Waals surface area contributed by atoms with Crippen LogP contribution in [0.15, 0.2) is 78.0 Å². The first-order chi connectivity index (χ1) is 16.6. The van der Waals surface area contributed by atoms with Gasteiger partial charge in [0.05, 0.1) is 12.9 Å². The number of hydrogen-bond donors (Lipinski definition) is 0. The van der Waals surface area contributed by atoms with Crippen molar-refractivity contribution < 1.29 is 9.53 Å². The second kappa shape index (κ2) is 9.73. The van der Waals surface area contributed by atoms with Gasteiger partial charge >= 0.3 is 0 Å². The fourth-order valence-corrected chi connectivity index (χ4v) is 5.00. The van der Waals surface area contributed by atoms with Crippen molar-refractivity contribution in [3.05, 3.63) is 89.5 Å². The van der Waals surface area contributed by atoms with Crippen molar-refractivity contribution in [3.63, 3.8) is 0 Å². The van der Waals surface area contributed by atoms with Gasteiger partial charge in [-0.05, 0) is 60.9 Å². The van der Waals surface area contributed by atoms with Crippen molar-refractivity contribution in [1.82, 2.24) is 19.7 Å². The number of benzene rings is 3. The lowest BCUT2D eigenvalue weighted by Gasteiger charge is -2.28. The van der Waals surface area contributed by atoms with Crippen LogP contribution in [0.1, 0.15) is 16.7 Å². The molecule has 34 heavy (non-hydrogen) atoms. The Morgan fingerprint density at radius 3 is 2.44 bits per heavy atom. The van der Waals surface area contributed by atoms with Crippen molar-refractivity contribution in [3.8, 4) is 22.8 Å². The summed E-state index contributed by atoms with van der Waals surface area (Å²) in [5.74, 6) is 1.94. The first-order valence-corrected chi connectivity index (χ1v) is 12.2. The number of thioether (sulfide) groups is 1. The van der Waals surface area contributed by atoms with Crippen molar-refractivity contribution in [2.75, 3.05) is 19.4 Å². The predicted molar refractivity (Wildman–Crippen MR) is 134 cm³/mol. The van der Waals surface area contributed by atoms with Crippen molar-refractivity contribution in [2.24, 2.45) is 0 Å². The summed E-state index contributed by atoms with van der Waals surface area (Å²) in [6, 6.07) is 24.4. The lowest BCUT2D eigenvalue weighted by Crippen LogP contribution is -2.37. The van der Waals surface area contributed by atoms with E-state index in [0.717, 1.165) is 35.8 Å². The van der Waals surface area contributed by atoms with Gasteiger partial charge in [0.25, 0.3) is 0 Å². The van der Waals surface area contributed by atoms with Crippen molar-refractivity contribution in [2.45, 2.75) is 25.0 Å². The number of fused-ring (bicyclic) bond motifs is 1. The first kappa shape index (κ1) is 22.2. The third kappa shape index (κ3) is 4.56. The molecule has 1 amide bonds. The molecule has 0 saturated carbocycles. The Balaban J connectivity index is 1.39. The molecule has 0 atom stereocenters. The Morgan fingerprint density at radius 2 is 1.71 bits per heavy atom. The highest BCUT2D eigenvalue weighted by Crippen LogP contribution is 2.30. The molecule has 2 heterocycles. The number of nitrogens with zero attached hydrogens (tertiary/aromatic N) is 4. The molecular weight excluding hydrogens is 444 g/mol.